The zero-order valence-corrected chi connectivity index (χ0v) is 10.7. The smallest absolute Gasteiger partial charge is 0.219 e. The molecule has 0 spiro atoms. The molecule has 3 heteroatoms. The van der Waals surface area contributed by atoms with Crippen LogP contribution < -0.4 is 0 Å². The molecule has 0 aromatic heterocycles. The van der Waals surface area contributed by atoms with Gasteiger partial charge in [-0.2, -0.15) is 0 Å². The largest absolute Gasteiger partial charge is 0.392 e. The number of carbonyl (C=O) groups excluding carboxylic acids is 1. The van der Waals surface area contributed by atoms with Crippen molar-refractivity contribution in [2.75, 3.05) is 0 Å². The van der Waals surface area contributed by atoms with E-state index in [0.717, 1.165) is 31.2 Å². The normalized spacial score (nSPS) is 25.2. The predicted octanol–water partition coefficient (Wildman–Crippen LogP) is 3.25. The molecule has 2 unspecified atom stereocenters. The van der Waals surface area contributed by atoms with Gasteiger partial charge in [0.05, 0.1) is 6.10 Å². The minimum atomic E-state index is -0.324. The van der Waals surface area contributed by atoms with Crippen LogP contribution in [0.4, 0.5) is 0 Å². The van der Waals surface area contributed by atoms with E-state index in [2.05, 4.69) is 0 Å². The van der Waals surface area contributed by atoms with Crippen LogP contribution in [0.1, 0.15) is 42.5 Å². The highest BCUT2D eigenvalue weighted by atomic mass is 32.2. The lowest BCUT2D eigenvalue weighted by molar-refractivity contribution is 0.108. The van der Waals surface area contributed by atoms with E-state index in [1.54, 1.807) is 0 Å². The minimum Gasteiger partial charge on any atom is -0.392 e. The second-order valence-corrected chi connectivity index (χ2v) is 5.73. The summed E-state index contributed by atoms with van der Waals surface area (Å²) in [5.41, 5.74) is 0.731. The number of carbonyl (C=O) groups is 1. The van der Waals surface area contributed by atoms with Crippen molar-refractivity contribution in [3.05, 3.63) is 35.9 Å². The van der Waals surface area contributed by atoms with E-state index in [-0.39, 0.29) is 16.5 Å². The van der Waals surface area contributed by atoms with Gasteiger partial charge in [0.15, 0.2) is 0 Å². The first-order valence-corrected chi connectivity index (χ1v) is 7.09. The molecule has 17 heavy (non-hydrogen) atoms. The van der Waals surface area contributed by atoms with Gasteiger partial charge in [0.25, 0.3) is 0 Å². The number of aliphatic hydroxyl groups excluding tert-OH is 1. The maximum Gasteiger partial charge on any atom is 0.219 e. The summed E-state index contributed by atoms with van der Waals surface area (Å²) in [6, 6.07) is 9.31. The number of aliphatic hydroxyl groups is 1. The molecule has 92 valence electrons. The third kappa shape index (κ3) is 3.58. The van der Waals surface area contributed by atoms with Gasteiger partial charge in [0, 0.05) is 10.8 Å². The highest BCUT2D eigenvalue weighted by Crippen LogP contribution is 2.30. The molecule has 0 saturated heterocycles. The first-order chi connectivity index (χ1) is 8.27. The Hall–Kier alpha value is -0.800. The van der Waals surface area contributed by atoms with Crippen LogP contribution in [-0.4, -0.2) is 21.6 Å². The van der Waals surface area contributed by atoms with Crippen LogP contribution in [0.15, 0.2) is 30.3 Å². The van der Waals surface area contributed by atoms with Gasteiger partial charge in [-0.1, -0.05) is 61.4 Å². The molecule has 2 rings (SSSR count). The molecule has 1 aliphatic carbocycles. The second kappa shape index (κ2) is 6.22. The van der Waals surface area contributed by atoms with Gasteiger partial charge in [-0.05, 0) is 12.8 Å². The first kappa shape index (κ1) is 12.7. The predicted molar refractivity (Wildman–Crippen MR) is 71.2 cm³/mol. The molecule has 0 bridgehead atoms. The van der Waals surface area contributed by atoms with Crippen LogP contribution in [-0.2, 0) is 0 Å². The summed E-state index contributed by atoms with van der Waals surface area (Å²) in [6.07, 6.45) is 4.84. The molecule has 1 aliphatic rings. The Morgan fingerprint density at radius 1 is 1.12 bits per heavy atom. The molecule has 1 saturated carbocycles. The van der Waals surface area contributed by atoms with E-state index in [4.69, 9.17) is 0 Å². The molecule has 1 fully saturated rings. The van der Waals surface area contributed by atoms with Crippen molar-refractivity contribution in [3.8, 4) is 0 Å². The summed E-state index contributed by atoms with van der Waals surface area (Å²) in [5, 5.41) is 10.1. The Labute approximate surface area is 106 Å². The topological polar surface area (TPSA) is 37.3 Å². The van der Waals surface area contributed by atoms with E-state index in [9.17, 15) is 9.90 Å². The van der Waals surface area contributed by atoms with Crippen molar-refractivity contribution in [2.24, 2.45) is 0 Å². The fourth-order valence-electron chi connectivity index (χ4n) is 2.17. The summed E-state index contributed by atoms with van der Waals surface area (Å²) in [5.74, 6) is 0. The summed E-state index contributed by atoms with van der Waals surface area (Å²) in [6.45, 7) is 0. The first-order valence-electron chi connectivity index (χ1n) is 6.21. The number of rotatable bonds is 2. The van der Waals surface area contributed by atoms with Crippen LogP contribution >= 0.6 is 11.8 Å². The van der Waals surface area contributed by atoms with Crippen molar-refractivity contribution in [2.45, 2.75) is 43.5 Å². The minimum absolute atomic E-state index is 0.0743. The van der Waals surface area contributed by atoms with Crippen LogP contribution in [0, 0.1) is 0 Å². The van der Waals surface area contributed by atoms with Crippen LogP contribution in [0.5, 0.6) is 0 Å². The highest BCUT2D eigenvalue weighted by Gasteiger charge is 2.25. The molecule has 2 nitrogen and oxygen atoms in total. The Morgan fingerprint density at radius 2 is 1.82 bits per heavy atom. The lowest BCUT2D eigenvalue weighted by Gasteiger charge is -2.18. The lowest BCUT2D eigenvalue weighted by Crippen LogP contribution is -2.23. The molecule has 0 aliphatic heterocycles. The highest BCUT2D eigenvalue weighted by molar-refractivity contribution is 8.14. The van der Waals surface area contributed by atoms with Gasteiger partial charge in [-0.15, -0.1) is 0 Å². The standard InChI is InChI=1S/C14H18O2S/c15-12-9-5-2-6-10-13(12)17-14(16)11-7-3-1-4-8-11/h1,3-4,7-8,12-13,15H,2,5-6,9-10H2. The van der Waals surface area contributed by atoms with E-state index in [1.807, 2.05) is 30.3 Å². The van der Waals surface area contributed by atoms with Gasteiger partial charge < -0.3 is 5.11 Å². The molecule has 0 heterocycles. The fraction of sp³-hybridized carbons (Fsp3) is 0.500. The number of hydrogen-bond donors (Lipinski definition) is 1. The Morgan fingerprint density at radius 3 is 2.59 bits per heavy atom. The van der Waals surface area contributed by atoms with E-state index < -0.39 is 0 Å². The fourth-order valence-corrected chi connectivity index (χ4v) is 3.30. The molecule has 0 amide bonds. The number of benzene rings is 1. The average Bonchev–Trinajstić information content (AvgIpc) is 2.56. The third-order valence-electron chi connectivity index (χ3n) is 3.19. The molecule has 1 N–H and O–H groups in total. The Bertz CT molecular complexity index is 364. The van der Waals surface area contributed by atoms with Crippen molar-refractivity contribution in [3.63, 3.8) is 0 Å². The molecular formula is C14H18O2S. The Balaban J connectivity index is 1.98. The molecular weight excluding hydrogens is 232 g/mol. The summed E-state index contributed by atoms with van der Waals surface area (Å²) < 4.78 is 0. The van der Waals surface area contributed by atoms with Crippen molar-refractivity contribution in [1.82, 2.24) is 0 Å². The van der Waals surface area contributed by atoms with E-state index >= 15 is 0 Å². The van der Waals surface area contributed by atoms with Gasteiger partial charge in [0.1, 0.15) is 0 Å². The van der Waals surface area contributed by atoms with Crippen LogP contribution in [0.25, 0.3) is 0 Å². The van der Waals surface area contributed by atoms with E-state index in [1.165, 1.54) is 18.2 Å². The molecule has 1 aromatic carbocycles. The summed E-state index contributed by atoms with van der Waals surface area (Å²) in [4.78, 5) is 12.0. The number of thioether (sulfide) groups is 1. The monoisotopic (exact) mass is 250 g/mol. The molecule has 0 radical (unpaired) electrons. The van der Waals surface area contributed by atoms with Crippen molar-refractivity contribution < 1.29 is 9.90 Å². The third-order valence-corrected chi connectivity index (χ3v) is 4.49. The molecule has 1 aromatic rings. The maximum atomic E-state index is 12.0. The zero-order chi connectivity index (χ0) is 12.1. The van der Waals surface area contributed by atoms with Crippen molar-refractivity contribution >= 4 is 16.9 Å². The average molecular weight is 250 g/mol. The molecule has 2 atom stereocenters. The van der Waals surface area contributed by atoms with Crippen LogP contribution in [0.3, 0.4) is 0 Å². The van der Waals surface area contributed by atoms with Gasteiger partial charge >= 0.3 is 0 Å². The Kier molecular flexibility index (Phi) is 4.63. The SMILES string of the molecule is O=C(SC1CCCCCC1O)c1ccccc1. The van der Waals surface area contributed by atoms with Gasteiger partial charge in [0.2, 0.25) is 5.12 Å². The lowest BCUT2D eigenvalue weighted by atomic mass is 10.1. The zero-order valence-electron chi connectivity index (χ0n) is 9.84. The van der Waals surface area contributed by atoms with E-state index in [0.29, 0.717) is 0 Å². The second-order valence-electron chi connectivity index (χ2n) is 4.52. The van der Waals surface area contributed by atoms with Crippen molar-refractivity contribution in [1.29, 1.82) is 0 Å². The summed E-state index contributed by atoms with van der Waals surface area (Å²) in [7, 11) is 0. The quantitative estimate of drug-likeness (QED) is 0.819. The summed E-state index contributed by atoms with van der Waals surface area (Å²) >= 11 is 1.31. The van der Waals surface area contributed by atoms with Crippen LogP contribution in [0.2, 0.25) is 0 Å². The maximum absolute atomic E-state index is 12.0. The number of hydrogen-bond acceptors (Lipinski definition) is 3. The van der Waals surface area contributed by atoms with Gasteiger partial charge in [-0.25, -0.2) is 0 Å². The van der Waals surface area contributed by atoms with Gasteiger partial charge in [-0.3, -0.25) is 4.79 Å².